The molecule has 2 aromatic carbocycles. The van der Waals surface area contributed by atoms with Crippen molar-refractivity contribution in [1.29, 1.82) is 0 Å². The van der Waals surface area contributed by atoms with Crippen molar-refractivity contribution in [2.75, 3.05) is 14.2 Å². The number of carbonyl (C=O) groups is 2. The highest BCUT2D eigenvalue weighted by Gasteiger charge is 2.15. The number of carbonyl (C=O) groups excluding carboxylic acids is 2. The van der Waals surface area contributed by atoms with E-state index in [1.165, 1.54) is 44.6 Å². The van der Waals surface area contributed by atoms with Crippen LogP contribution in [0.1, 0.15) is 20.7 Å². The Morgan fingerprint density at radius 3 is 1.74 bits per heavy atom. The number of nitro groups is 1. The molecule has 118 valence electrons. The number of nitrogens with zero attached hydrogens (tertiary/aromatic N) is 1. The quantitative estimate of drug-likeness (QED) is 0.489. The van der Waals surface area contributed by atoms with Crippen LogP contribution in [-0.4, -0.2) is 31.1 Å². The van der Waals surface area contributed by atoms with Gasteiger partial charge in [-0.15, -0.1) is 0 Å². The van der Waals surface area contributed by atoms with Gasteiger partial charge in [0.2, 0.25) is 0 Å². The maximum Gasteiger partial charge on any atom is 0.337 e. The monoisotopic (exact) mass is 315 g/mol. The van der Waals surface area contributed by atoms with Gasteiger partial charge >= 0.3 is 11.9 Å². The van der Waals surface area contributed by atoms with E-state index in [-0.39, 0.29) is 16.8 Å². The number of methoxy groups -OCH3 is 2. The lowest BCUT2D eigenvalue weighted by molar-refractivity contribution is -0.384. The first-order chi connectivity index (χ1) is 11.0. The summed E-state index contributed by atoms with van der Waals surface area (Å²) < 4.78 is 9.33. The minimum Gasteiger partial charge on any atom is -0.465 e. The van der Waals surface area contributed by atoms with Crippen LogP contribution in [0, 0.1) is 10.1 Å². The minimum atomic E-state index is -0.598. The predicted octanol–water partition coefficient (Wildman–Crippen LogP) is 2.84. The Kier molecular flexibility index (Phi) is 4.70. The van der Waals surface area contributed by atoms with Crippen molar-refractivity contribution in [1.82, 2.24) is 0 Å². The van der Waals surface area contributed by atoms with Gasteiger partial charge in [-0.3, -0.25) is 10.1 Å². The lowest BCUT2D eigenvalue weighted by atomic mass is 9.99. The Labute approximate surface area is 131 Å². The Hall–Kier alpha value is -3.22. The number of non-ortho nitro benzene ring substituents is 1. The van der Waals surface area contributed by atoms with E-state index in [1.54, 1.807) is 12.1 Å². The summed E-state index contributed by atoms with van der Waals surface area (Å²) >= 11 is 0. The summed E-state index contributed by atoms with van der Waals surface area (Å²) in [4.78, 5) is 33.7. The molecule has 0 saturated heterocycles. The van der Waals surface area contributed by atoms with E-state index >= 15 is 0 Å². The van der Waals surface area contributed by atoms with Gasteiger partial charge in [-0.05, 0) is 41.5 Å². The number of hydrogen-bond acceptors (Lipinski definition) is 6. The molecule has 23 heavy (non-hydrogen) atoms. The van der Waals surface area contributed by atoms with Crippen molar-refractivity contribution in [2.24, 2.45) is 0 Å². The van der Waals surface area contributed by atoms with Crippen molar-refractivity contribution in [3.63, 3.8) is 0 Å². The topological polar surface area (TPSA) is 95.7 Å². The van der Waals surface area contributed by atoms with E-state index in [9.17, 15) is 19.7 Å². The number of rotatable bonds is 4. The maximum atomic E-state index is 11.7. The third-order valence-corrected chi connectivity index (χ3v) is 3.19. The first kappa shape index (κ1) is 16.2. The molecule has 0 saturated carbocycles. The molecule has 0 aromatic heterocycles. The fraction of sp³-hybridized carbons (Fsp3) is 0.125. The second-order valence-electron chi connectivity index (χ2n) is 4.59. The lowest BCUT2D eigenvalue weighted by Crippen LogP contribution is -2.07. The van der Waals surface area contributed by atoms with E-state index in [4.69, 9.17) is 0 Å². The molecule has 0 heterocycles. The Balaban J connectivity index is 2.53. The molecule has 0 aliphatic carbocycles. The van der Waals surface area contributed by atoms with Crippen LogP contribution in [0.2, 0.25) is 0 Å². The number of esters is 2. The largest absolute Gasteiger partial charge is 0.465 e. The van der Waals surface area contributed by atoms with E-state index in [1.807, 2.05) is 0 Å². The van der Waals surface area contributed by atoms with Crippen molar-refractivity contribution < 1.29 is 24.0 Å². The van der Waals surface area contributed by atoms with Gasteiger partial charge in [0.1, 0.15) is 0 Å². The van der Waals surface area contributed by atoms with Crippen LogP contribution in [0.25, 0.3) is 11.1 Å². The fourth-order valence-electron chi connectivity index (χ4n) is 2.04. The molecule has 0 unspecified atom stereocenters. The first-order valence-corrected chi connectivity index (χ1v) is 6.53. The number of nitro benzene ring substituents is 1. The summed E-state index contributed by atoms with van der Waals surface area (Å²) in [6.45, 7) is 0. The molecule has 2 rings (SSSR count). The van der Waals surface area contributed by atoms with Crippen molar-refractivity contribution >= 4 is 17.6 Å². The smallest absolute Gasteiger partial charge is 0.337 e. The Morgan fingerprint density at radius 2 is 1.35 bits per heavy atom. The molecule has 7 heteroatoms. The average molecular weight is 315 g/mol. The van der Waals surface area contributed by atoms with Crippen molar-refractivity contribution in [3.8, 4) is 11.1 Å². The summed E-state index contributed by atoms with van der Waals surface area (Å²) in [7, 11) is 2.47. The van der Waals surface area contributed by atoms with Crippen LogP contribution in [0.5, 0.6) is 0 Å². The molecule has 0 aliphatic heterocycles. The second kappa shape index (κ2) is 6.69. The SMILES string of the molecule is COC(=O)c1cc(C(=O)OC)cc(-c2ccc([N+](=O)[O-])cc2)c1. The van der Waals surface area contributed by atoms with Gasteiger partial charge in [-0.1, -0.05) is 0 Å². The summed E-state index contributed by atoms with van der Waals surface area (Å²) in [6, 6.07) is 10.2. The van der Waals surface area contributed by atoms with E-state index in [0.29, 0.717) is 11.1 Å². The molecular weight excluding hydrogens is 302 g/mol. The summed E-state index contributed by atoms with van der Waals surface area (Å²) in [5.74, 6) is -1.20. The summed E-state index contributed by atoms with van der Waals surface area (Å²) in [6.07, 6.45) is 0. The number of hydrogen-bond donors (Lipinski definition) is 0. The zero-order valence-electron chi connectivity index (χ0n) is 12.4. The fourth-order valence-corrected chi connectivity index (χ4v) is 2.04. The van der Waals surface area contributed by atoms with Crippen LogP contribution >= 0.6 is 0 Å². The van der Waals surface area contributed by atoms with Gasteiger partial charge in [-0.2, -0.15) is 0 Å². The van der Waals surface area contributed by atoms with Gasteiger partial charge in [0.05, 0.1) is 30.3 Å². The van der Waals surface area contributed by atoms with Gasteiger partial charge in [0.25, 0.3) is 5.69 Å². The molecular formula is C16H13NO6. The van der Waals surface area contributed by atoms with Crippen molar-refractivity contribution in [3.05, 3.63) is 63.7 Å². The lowest BCUT2D eigenvalue weighted by Gasteiger charge is -2.08. The third-order valence-electron chi connectivity index (χ3n) is 3.19. The molecule has 0 aliphatic rings. The predicted molar refractivity (Wildman–Crippen MR) is 81.2 cm³/mol. The molecule has 0 atom stereocenters. The third kappa shape index (κ3) is 3.52. The molecule has 0 fully saturated rings. The van der Waals surface area contributed by atoms with Crippen LogP contribution < -0.4 is 0 Å². The molecule has 2 aromatic rings. The van der Waals surface area contributed by atoms with E-state index in [0.717, 1.165) is 0 Å². The highest BCUT2D eigenvalue weighted by Crippen LogP contribution is 2.25. The van der Waals surface area contributed by atoms with Gasteiger partial charge in [0.15, 0.2) is 0 Å². The molecule has 0 radical (unpaired) electrons. The standard InChI is InChI=1S/C16H13NO6/c1-22-15(18)12-7-11(8-13(9-12)16(19)23-2)10-3-5-14(6-4-10)17(20)21/h3-9H,1-2H3. The minimum absolute atomic E-state index is 0.0499. The molecule has 0 spiro atoms. The van der Waals surface area contributed by atoms with Crippen molar-refractivity contribution in [2.45, 2.75) is 0 Å². The van der Waals surface area contributed by atoms with E-state index in [2.05, 4.69) is 9.47 Å². The highest BCUT2D eigenvalue weighted by molar-refractivity contribution is 5.97. The van der Waals surface area contributed by atoms with Gasteiger partial charge in [-0.25, -0.2) is 9.59 Å². The molecule has 0 amide bonds. The zero-order chi connectivity index (χ0) is 17.0. The van der Waals surface area contributed by atoms with Crippen LogP contribution in [-0.2, 0) is 9.47 Å². The van der Waals surface area contributed by atoms with Gasteiger partial charge < -0.3 is 9.47 Å². The number of ether oxygens (including phenoxy) is 2. The summed E-state index contributed by atoms with van der Waals surface area (Å²) in [5, 5.41) is 10.7. The second-order valence-corrected chi connectivity index (χ2v) is 4.59. The normalized spacial score (nSPS) is 10.0. The maximum absolute atomic E-state index is 11.7. The van der Waals surface area contributed by atoms with Gasteiger partial charge in [0, 0.05) is 12.1 Å². The molecule has 0 bridgehead atoms. The zero-order valence-corrected chi connectivity index (χ0v) is 12.4. The molecule has 0 N–H and O–H groups in total. The van der Waals surface area contributed by atoms with Crippen LogP contribution in [0.3, 0.4) is 0 Å². The highest BCUT2D eigenvalue weighted by atomic mass is 16.6. The Morgan fingerprint density at radius 1 is 0.870 bits per heavy atom. The van der Waals surface area contributed by atoms with Crippen LogP contribution in [0.15, 0.2) is 42.5 Å². The molecule has 7 nitrogen and oxygen atoms in total. The van der Waals surface area contributed by atoms with E-state index < -0.39 is 16.9 Å². The van der Waals surface area contributed by atoms with Crippen LogP contribution in [0.4, 0.5) is 5.69 Å². The number of benzene rings is 2. The first-order valence-electron chi connectivity index (χ1n) is 6.53. The Bertz CT molecular complexity index is 732. The average Bonchev–Trinajstić information content (AvgIpc) is 2.59. The summed E-state index contributed by atoms with van der Waals surface area (Å²) in [5.41, 5.74) is 1.48.